The van der Waals surface area contributed by atoms with E-state index in [-0.39, 0.29) is 5.91 Å². The van der Waals surface area contributed by atoms with Crippen molar-refractivity contribution in [2.75, 3.05) is 4.90 Å². The number of aryl methyl sites for hydroxylation is 3. The largest absolute Gasteiger partial charge is 0.326 e. The molecule has 5 nitrogen and oxygen atoms in total. The van der Waals surface area contributed by atoms with E-state index in [4.69, 9.17) is 4.98 Å². The fourth-order valence-electron chi connectivity index (χ4n) is 2.91. The van der Waals surface area contributed by atoms with E-state index < -0.39 is 0 Å². The van der Waals surface area contributed by atoms with Gasteiger partial charge in [-0.3, -0.25) is 9.69 Å². The molecule has 3 rings (SSSR count). The number of benzene rings is 1. The van der Waals surface area contributed by atoms with Crippen molar-refractivity contribution in [2.24, 2.45) is 0 Å². The molecule has 0 aliphatic carbocycles. The molecule has 2 heterocycles. The predicted molar refractivity (Wildman–Crippen MR) is 113 cm³/mol. The Kier molecular flexibility index (Phi) is 6.34. The van der Waals surface area contributed by atoms with Crippen molar-refractivity contribution in [3.8, 4) is 0 Å². The fraction of sp³-hybridized carbons (Fsp3) is 0.350. The second-order valence-electron chi connectivity index (χ2n) is 6.46. The van der Waals surface area contributed by atoms with E-state index in [1.807, 2.05) is 36.8 Å². The van der Waals surface area contributed by atoms with Gasteiger partial charge < -0.3 is 4.57 Å². The zero-order chi connectivity index (χ0) is 19.4. The SMILES string of the molecule is CCCn1ccnc1SCc1csc(N(C(C)=O)c2ccc(C)cc2C)n1. The lowest BCUT2D eigenvalue weighted by Crippen LogP contribution is -2.23. The number of nitrogens with zero attached hydrogens (tertiary/aromatic N) is 4. The number of rotatable bonds is 7. The Morgan fingerprint density at radius 2 is 2.15 bits per heavy atom. The average Bonchev–Trinajstić information content (AvgIpc) is 3.25. The summed E-state index contributed by atoms with van der Waals surface area (Å²) >= 11 is 3.17. The Morgan fingerprint density at radius 3 is 2.85 bits per heavy atom. The first kappa shape index (κ1) is 19.6. The maximum Gasteiger partial charge on any atom is 0.230 e. The smallest absolute Gasteiger partial charge is 0.230 e. The first-order valence-electron chi connectivity index (χ1n) is 8.96. The Hall–Kier alpha value is -2.12. The van der Waals surface area contributed by atoms with Gasteiger partial charge in [-0.25, -0.2) is 9.97 Å². The van der Waals surface area contributed by atoms with Gasteiger partial charge in [-0.05, 0) is 31.9 Å². The van der Waals surface area contributed by atoms with Crippen LogP contribution < -0.4 is 4.90 Å². The molecule has 1 aromatic carbocycles. The third-order valence-corrected chi connectivity index (χ3v) is 6.04. The minimum absolute atomic E-state index is 0.0333. The van der Waals surface area contributed by atoms with Gasteiger partial charge in [0.05, 0.1) is 11.4 Å². The molecule has 27 heavy (non-hydrogen) atoms. The number of anilines is 2. The highest BCUT2D eigenvalue weighted by Crippen LogP contribution is 2.33. The minimum atomic E-state index is -0.0333. The fourth-order valence-corrected chi connectivity index (χ4v) is 4.78. The molecule has 0 atom stereocenters. The van der Waals surface area contributed by atoms with E-state index in [0.717, 1.165) is 40.8 Å². The van der Waals surface area contributed by atoms with Crippen molar-refractivity contribution in [1.29, 1.82) is 0 Å². The quantitative estimate of drug-likeness (QED) is 0.502. The summed E-state index contributed by atoms with van der Waals surface area (Å²) in [5.74, 6) is 0.699. The second kappa shape index (κ2) is 8.71. The molecule has 3 aromatic rings. The molecule has 7 heteroatoms. The van der Waals surface area contributed by atoms with Crippen LogP contribution in [0.15, 0.2) is 41.1 Å². The Balaban J connectivity index is 1.78. The topological polar surface area (TPSA) is 51.0 Å². The highest BCUT2D eigenvalue weighted by atomic mass is 32.2. The Morgan fingerprint density at radius 1 is 1.33 bits per heavy atom. The van der Waals surface area contributed by atoms with Gasteiger partial charge in [0, 0.05) is 37.0 Å². The first-order valence-corrected chi connectivity index (χ1v) is 10.8. The van der Waals surface area contributed by atoms with Crippen LogP contribution in [0.5, 0.6) is 0 Å². The number of carbonyl (C=O) groups is 1. The van der Waals surface area contributed by atoms with Crippen molar-refractivity contribution in [1.82, 2.24) is 14.5 Å². The number of carbonyl (C=O) groups excluding carboxylic acids is 1. The first-order chi connectivity index (χ1) is 13.0. The Labute approximate surface area is 168 Å². The molecular formula is C20H24N4OS2. The molecule has 0 fully saturated rings. The van der Waals surface area contributed by atoms with Gasteiger partial charge in [-0.2, -0.15) is 0 Å². The molecule has 142 valence electrons. The molecular weight excluding hydrogens is 376 g/mol. The van der Waals surface area contributed by atoms with Crippen LogP contribution in [0.4, 0.5) is 10.8 Å². The van der Waals surface area contributed by atoms with E-state index in [9.17, 15) is 4.79 Å². The monoisotopic (exact) mass is 400 g/mol. The number of hydrogen-bond acceptors (Lipinski definition) is 5. The van der Waals surface area contributed by atoms with Crippen LogP contribution in [0.25, 0.3) is 0 Å². The number of thiazole rings is 1. The molecule has 0 saturated heterocycles. The highest BCUT2D eigenvalue weighted by Gasteiger charge is 2.20. The van der Waals surface area contributed by atoms with Gasteiger partial charge in [-0.15, -0.1) is 11.3 Å². The summed E-state index contributed by atoms with van der Waals surface area (Å²) in [4.78, 5) is 23.2. The lowest BCUT2D eigenvalue weighted by molar-refractivity contribution is -0.115. The predicted octanol–water partition coefficient (Wildman–Crippen LogP) is 5.34. The van der Waals surface area contributed by atoms with E-state index >= 15 is 0 Å². The normalized spacial score (nSPS) is 11.0. The van der Waals surface area contributed by atoms with E-state index in [1.165, 1.54) is 16.9 Å². The molecule has 1 amide bonds. The Bertz CT molecular complexity index is 932. The standard InChI is InChI=1S/C20H24N4OS2/c1-5-9-23-10-8-21-19(23)26-12-17-13-27-20(22-17)24(16(4)25)18-7-6-14(2)11-15(18)3/h6-8,10-11,13H,5,9,12H2,1-4H3. The maximum atomic E-state index is 12.3. The van der Waals surface area contributed by atoms with Crippen molar-refractivity contribution < 1.29 is 4.79 Å². The van der Waals surface area contributed by atoms with Crippen molar-refractivity contribution in [3.63, 3.8) is 0 Å². The molecule has 0 aliphatic heterocycles. The molecule has 2 aromatic heterocycles. The van der Waals surface area contributed by atoms with Gasteiger partial charge in [0.1, 0.15) is 0 Å². The number of hydrogen-bond donors (Lipinski definition) is 0. The van der Waals surface area contributed by atoms with Gasteiger partial charge in [0.2, 0.25) is 5.91 Å². The zero-order valence-corrected chi connectivity index (χ0v) is 17.7. The maximum absolute atomic E-state index is 12.3. The zero-order valence-electron chi connectivity index (χ0n) is 16.1. The summed E-state index contributed by atoms with van der Waals surface area (Å²) in [7, 11) is 0. The molecule has 0 radical (unpaired) electrons. The van der Waals surface area contributed by atoms with Gasteiger partial charge >= 0.3 is 0 Å². The summed E-state index contributed by atoms with van der Waals surface area (Å²) in [6.07, 6.45) is 4.92. The minimum Gasteiger partial charge on any atom is -0.326 e. The van der Waals surface area contributed by atoms with Crippen molar-refractivity contribution >= 4 is 39.8 Å². The molecule has 0 bridgehead atoms. The van der Waals surface area contributed by atoms with Crippen LogP contribution in [0.3, 0.4) is 0 Å². The van der Waals surface area contributed by atoms with Gasteiger partial charge in [-0.1, -0.05) is 36.4 Å². The number of imidazole rings is 1. The van der Waals surface area contributed by atoms with Crippen molar-refractivity contribution in [2.45, 2.75) is 51.6 Å². The van der Waals surface area contributed by atoms with Crippen LogP contribution in [0.1, 0.15) is 37.1 Å². The lowest BCUT2D eigenvalue weighted by Gasteiger charge is -2.20. The van der Waals surface area contributed by atoms with Crippen LogP contribution >= 0.6 is 23.1 Å². The van der Waals surface area contributed by atoms with Crippen LogP contribution in [-0.4, -0.2) is 20.4 Å². The molecule has 0 spiro atoms. The lowest BCUT2D eigenvalue weighted by atomic mass is 10.1. The summed E-state index contributed by atoms with van der Waals surface area (Å²) in [6.45, 7) is 8.78. The van der Waals surface area contributed by atoms with Gasteiger partial charge in [0.15, 0.2) is 10.3 Å². The second-order valence-corrected chi connectivity index (χ2v) is 8.24. The van der Waals surface area contributed by atoms with Gasteiger partial charge in [0.25, 0.3) is 0 Å². The van der Waals surface area contributed by atoms with E-state index in [1.54, 1.807) is 23.6 Å². The van der Waals surface area contributed by atoms with E-state index in [2.05, 4.69) is 29.5 Å². The number of thioether (sulfide) groups is 1. The summed E-state index contributed by atoms with van der Waals surface area (Å²) in [6, 6.07) is 6.10. The summed E-state index contributed by atoms with van der Waals surface area (Å²) < 4.78 is 2.16. The molecule has 0 aliphatic rings. The third kappa shape index (κ3) is 4.59. The highest BCUT2D eigenvalue weighted by molar-refractivity contribution is 7.98. The van der Waals surface area contributed by atoms with Crippen molar-refractivity contribution in [3.05, 3.63) is 52.8 Å². The molecule has 0 unspecified atom stereocenters. The van der Waals surface area contributed by atoms with Crippen LogP contribution in [0, 0.1) is 13.8 Å². The number of aromatic nitrogens is 3. The molecule has 0 N–H and O–H groups in total. The third-order valence-electron chi connectivity index (χ3n) is 4.13. The van der Waals surface area contributed by atoms with E-state index in [0.29, 0.717) is 5.13 Å². The number of amides is 1. The van der Waals surface area contributed by atoms with Crippen LogP contribution in [0.2, 0.25) is 0 Å². The summed E-state index contributed by atoms with van der Waals surface area (Å²) in [5.41, 5.74) is 4.10. The summed E-state index contributed by atoms with van der Waals surface area (Å²) in [5, 5.41) is 3.74. The van der Waals surface area contributed by atoms with Crippen LogP contribution in [-0.2, 0) is 17.1 Å². The molecule has 0 saturated carbocycles. The average molecular weight is 401 g/mol.